The average molecular weight is 384 g/mol. The summed E-state index contributed by atoms with van der Waals surface area (Å²) in [4.78, 5) is 25.9. The van der Waals surface area contributed by atoms with Crippen molar-refractivity contribution in [1.82, 2.24) is 10.2 Å². The van der Waals surface area contributed by atoms with Crippen molar-refractivity contribution in [3.05, 3.63) is 83.4 Å². The maximum absolute atomic E-state index is 14.0. The number of benzene rings is 2. The normalized spacial score (nSPS) is 16.1. The molecule has 1 aliphatic heterocycles. The molecule has 6 heteroatoms. The molecule has 0 radical (unpaired) electrons. The number of nitrogens with one attached hydrogen (secondary N) is 1. The topological polar surface area (TPSA) is 49.4 Å². The molecule has 0 aliphatic carbocycles. The molecule has 0 aromatic heterocycles. The lowest BCUT2D eigenvalue weighted by Gasteiger charge is -2.25. The second kappa shape index (κ2) is 8.78. The van der Waals surface area contributed by atoms with Crippen molar-refractivity contribution < 1.29 is 18.4 Å². The van der Waals surface area contributed by atoms with Crippen molar-refractivity contribution in [1.29, 1.82) is 0 Å². The van der Waals surface area contributed by atoms with Gasteiger partial charge in [-0.15, -0.1) is 0 Å². The Bertz CT molecular complexity index is 881. The first-order valence-corrected chi connectivity index (χ1v) is 9.22. The van der Waals surface area contributed by atoms with Gasteiger partial charge in [-0.3, -0.25) is 9.59 Å². The summed E-state index contributed by atoms with van der Waals surface area (Å²) in [5.41, 5.74) is 1.69. The number of amides is 2. The van der Waals surface area contributed by atoms with Crippen molar-refractivity contribution >= 4 is 11.8 Å². The van der Waals surface area contributed by atoms with E-state index in [0.29, 0.717) is 25.1 Å². The van der Waals surface area contributed by atoms with Crippen LogP contribution < -0.4 is 5.32 Å². The van der Waals surface area contributed by atoms with Crippen molar-refractivity contribution in [2.75, 3.05) is 6.54 Å². The lowest BCUT2D eigenvalue weighted by atomic mass is 10.0. The second-order valence-electron chi connectivity index (χ2n) is 6.85. The molecule has 1 fully saturated rings. The van der Waals surface area contributed by atoms with E-state index < -0.39 is 11.6 Å². The molecule has 1 unspecified atom stereocenters. The molecule has 146 valence electrons. The van der Waals surface area contributed by atoms with Crippen molar-refractivity contribution in [2.45, 2.75) is 31.8 Å². The monoisotopic (exact) mass is 384 g/mol. The Morgan fingerprint density at radius 1 is 1.18 bits per heavy atom. The summed E-state index contributed by atoms with van der Waals surface area (Å²) in [6.45, 7) is 4.34. The molecule has 4 nitrogen and oxygen atoms in total. The first-order valence-electron chi connectivity index (χ1n) is 9.22. The van der Waals surface area contributed by atoms with Crippen LogP contribution in [0.5, 0.6) is 0 Å². The average Bonchev–Trinajstić information content (AvgIpc) is 3.17. The van der Waals surface area contributed by atoms with Crippen LogP contribution in [-0.2, 0) is 17.8 Å². The standard InChI is InChI=1S/C22H22F2N2O2/c1-2-21(27)25-14-15-5-7-16(8-6-15)22(28)26-11-3-4-19(26)13-17-12-18(23)9-10-20(17)24/h2,5-10,12,19H,1,3-4,11,13-14H2,(H,25,27). The molecule has 1 aliphatic rings. The van der Waals surface area contributed by atoms with E-state index in [1.807, 2.05) is 0 Å². The van der Waals surface area contributed by atoms with Crippen molar-refractivity contribution in [3.63, 3.8) is 0 Å². The van der Waals surface area contributed by atoms with Crippen LogP contribution in [-0.4, -0.2) is 29.3 Å². The maximum atomic E-state index is 14.0. The third-order valence-electron chi connectivity index (χ3n) is 4.95. The first-order chi connectivity index (χ1) is 13.5. The Morgan fingerprint density at radius 2 is 1.93 bits per heavy atom. The fourth-order valence-corrected chi connectivity index (χ4v) is 3.46. The summed E-state index contributed by atoms with van der Waals surface area (Å²) < 4.78 is 27.4. The minimum atomic E-state index is -0.480. The zero-order valence-corrected chi connectivity index (χ0v) is 15.5. The van der Waals surface area contributed by atoms with Gasteiger partial charge in [-0.1, -0.05) is 18.7 Å². The minimum Gasteiger partial charge on any atom is -0.348 e. The molecule has 1 atom stereocenters. The third kappa shape index (κ3) is 4.63. The Kier molecular flexibility index (Phi) is 6.19. The highest BCUT2D eigenvalue weighted by Crippen LogP contribution is 2.25. The number of rotatable bonds is 6. The maximum Gasteiger partial charge on any atom is 0.254 e. The van der Waals surface area contributed by atoms with Gasteiger partial charge in [0.2, 0.25) is 5.91 Å². The van der Waals surface area contributed by atoms with Gasteiger partial charge in [0.25, 0.3) is 5.91 Å². The Morgan fingerprint density at radius 3 is 2.64 bits per heavy atom. The zero-order valence-electron chi connectivity index (χ0n) is 15.5. The molecule has 1 heterocycles. The van der Waals surface area contributed by atoms with Gasteiger partial charge >= 0.3 is 0 Å². The molecule has 3 rings (SSSR count). The quantitative estimate of drug-likeness (QED) is 0.774. The Hall–Kier alpha value is -3.02. The summed E-state index contributed by atoms with van der Waals surface area (Å²) in [5.74, 6) is -1.32. The van der Waals surface area contributed by atoms with Crippen LogP contribution in [0.25, 0.3) is 0 Å². The van der Waals surface area contributed by atoms with Gasteiger partial charge in [0.15, 0.2) is 0 Å². The lowest BCUT2D eigenvalue weighted by molar-refractivity contribution is -0.116. The lowest BCUT2D eigenvalue weighted by Crippen LogP contribution is -2.37. The molecule has 2 aromatic carbocycles. The molecule has 28 heavy (non-hydrogen) atoms. The van der Waals surface area contributed by atoms with E-state index in [1.165, 1.54) is 12.1 Å². The number of hydrogen-bond donors (Lipinski definition) is 1. The van der Waals surface area contributed by atoms with Gasteiger partial charge in [-0.2, -0.15) is 0 Å². The fourth-order valence-electron chi connectivity index (χ4n) is 3.46. The summed E-state index contributed by atoms with van der Waals surface area (Å²) in [6.07, 6.45) is 3.08. The Labute approximate surface area is 162 Å². The van der Waals surface area contributed by atoms with Gasteiger partial charge in [-0.05, 0) is 66.8 Å². The molecule has 0 bridgehead atoms. The number of halogens is 2. The van der Waals surface area contributed by atoms with Gasteiger partial charge in [-0.25, -0.2) is 8.78 Å². The van der Waals surface area contributed by atoms with Crippen molar-refractivity contribution in [3.8, 4) is 0 Å². The molecule has 1 saturated heterocycles. The third-order valence-corrected chi connectivity index (χ3v) is 4.95. The SMILES string of the molecule is C=CC(=O)NCc1ccc(C(=O)N2CCCC2Cc2cc(F)ccc2F)cc1. The molecule has 0 spiro atoms. The number of nitrogens with zero attached hydrogens (tertiary/aromatic N) is 1. The van der Waals surface area contributed by atoms with E-state index in [0.717, 1.165) is 30.5 Å². The number of carbonyl (C=O) groups excluding carboxylic acids is 2. The number of carbonyl (C=O) groups is 2. The van der Waals surface area contributed by atoms with E-state index in [2.05, 4.69) is 11.9 Å². The van der Waals surface area contributed by atoms with E-state index in [1.54, 1.807) is 29.2 Å². The second-order valence-corrected chi connectivity index (χ2v) is 6.85. The smallest absolute Gasteiger partial charge is 0.254 e. The molecule has 1 N–H and O–H groups in total. The fraction of sp³-hybridized carbons (Fsp3) is 0.273. The van der Waals surface area contributed by atoms with Crippen LogP contribution in [0, 0.1) is 11.6 Å². The first kappa shape index (κ1) is 19.7. The van der Waals surface area contributed by atoms with Crippen LogP contribution >= 0.6 is 0 Å². The summed E-state index contributed by atoms with van der Waals surface area (Å²) >= 11 is 0. The van der Waals surface area contributed by atoms with Gasteiger partial charge in [0.05, 0.1) is 0 Å². The number of likely N-dealkylation sites (tertiary alicyclic amines) is 1. The molecular formula is C22H22F2N2O2. The van der Waals surface area contributed by atoms with Crippen LogP contribution in [0.1, 0.15) is 34.3 Å². The summed E-state index contributed by atoms with van der Waals surface area (Å²) in [7, 11) is 0. The molecule has 2 aromatic rings. The molecule has 0 saturated carbocycles. The van der Waals surface area contributed by atoms with E-state index in [4.69, 9.17) is 0 Å². The molecular weight excluding hydrogens is 362 g/mol. The minimum absolute atomic E-state index is 0.124. The van der Waals surface area contributed by atoms with E-state index in [-0.39, 0.29) is 23.4 Å². The highest BCUT2D eigenvalue weighted by atomic mass is 19.1. The van der Waals surface area contributed by atoms with Gasteiger partial charge in [0.1, 0.15) is 11.6 Å². The van der Waals surface area contributed by atoms with E-state index in [9.17, 15) is 18.4 Å². The zero-order chi connectivity index (χ0) is 20.1. The summed E-state index contributed by atoms with van der Waals surface area (Å²) in [5, 5.41) is 2.68. The highest BCUT2D eigenvalue weighted by molar-refractivity contribution is 5.94. The van der Waals surface area contributed by atoms with Crippen LogP contribution in [0.15, 0.2) is 55.1 Å². The predicted molar refractivity (Wildman–Crippen MR) is 103 cm³/mol. The predicted octanol–water partition coefficient (Wildman–Crippen LogP) is 3.61. The Balaban J connectivity index is 1.68. The highest BCUT2D eigenvalue weighted by Gasteiger charge is 2.30. The van der Waals surface area contributed by atoms with Crippen LogP contribution in [0.4, 0.5) is 8.78 Å². The summed E-state index contributed by atoms with van der Waals surface area (Å²) in [6, 6.07) is 10.3. The van der Waals surface area contributed by atoms with Gasteiger partial charge < -0.3 is 10.2 Å². The molecule has 2 amide bonds. The van der Waals surface area contributed by atoms with E-state index >= 15 is 0 Å². The van der Waals surface area contributed by atoms with Crippen LogP contribution in [0.2, 0.25) is 0 Å². The largest absolute Gasteiger partial charge is 0.348 e. The number of hydrogen-bond acceptors (Lipinski definition) is 2. The van der Waals surface area contributed by atoms with Crippen LogP contribution in [0.3, 0.4) is 0 Å². The van der Waals surface area contributed by atoms with Crippen molar-refractivity contribution in [2.24, 2.45) is 0 Å². The van der Waals surface area contributed by atoms with Gasteiger partial charge in [0, 0.05) is 24.7 Å².